The topological polar surface area (TPSA) is 91.2 Å². The van der Waals surface area contributed by atoms with Crippen LogP contribution < -0.4 is 10.2 Å². The number of benzene rings is 2. The number of methoxy groups -OCH3 is 1. The third-order valence-corrected chi connectivity index (χ3v) is 3.24. The molecule has 2 aromatic rings. The number of carbonyl (C=O) groups is 1. The zero-order valence-corrected chi connectivity index (χ0v) is 12.9. The van der Waals surface area contributed by atoms with E-state index in [-0.39, 0.29) is 23.8 Å². The smallest absolute Gasteiger partial charge is 0.244 e. The Labute approximate surface area is 134 Å². The summed E-state index contributed by atoms with van der Waals surface area (Å²) in [5.41, 5.74) is 4.01. The van der Waals surface area contributed by atoms with Crippen LogP contribution in [0.5, 0.6) is 17.2 Å². The third kappa shape index (κ3) is 4.47. The van der Waals surface area contributed by atoms with Gasteiger partial charge in [-0.2, -0.15) is 5.10 Å². The van der Waals surface area contributed by atoms with Gasteiger partial charge in [0.15, 0.2) is 0 Å². The molecule has 3 N–H and O–H groups in total. The average molecular weight is 314 g/mol. The minimum Gasteiger partial charge on any atom is -0.508 e. The predicted octanol–water partition coefficient (Wildman–Crippen LogP) is 2.19. The zero-order chi connectivity index (χ0) is 16.8. The van der Waals surface area contributed by atoms with Gasteiger partial charge in [0.05, 0.1) is 19.2 Å². The molecule has 0 aliphatic heterocycles. The van der Waals surface area contributed by atoms with E-state index in [4.69, 9.17) is 4.74 Å². The summed E-state index contributed by atoms with van der Waals surface area (Å²) in [7, 11) is 1.58. The highest BCUT2D eigenvalue weighted by molar-refractivity contribution is 6.01. The number of phenols is 2. The minimum absolute atomic E-state index is 0.0110. The number of nitrogens with zero attached hydrogens (tertiary/aromatic N) is 1. The molecule has 0 fully saturated rings. The quantitative estimate of drug-likeness (QED) is 0.448. The van der Waals surface area contributed by atoms with E-state index in [1.165, 1.54) is 18.2 Å². The van der Waals surface area contributed by atoms with Gasteiger partial charge < -0.3 is 14.9 Å². The Bertz CT molecular complexity index is 724. The maximum Gasteiger partial charge on any atom is 0.244 e. The van der Waals surface area contributed by atoms with Crippen molar-refractivity contribution in [1.82, 2.24) is 5.43 Å². The Morgan fingerprint density at radius 1 is 1.17 bits per heavy atom. The van der Waals surface area contributed by atoms with Crippen molar-refractivity contribution in [2.24, 2.45) is 5.10 Å². The summed E-state index contributed by atoms with van der Waals surface area (Å²) in [5, 5.41) is 23.1. The molecule has 0 saturated heterocycles. The standard InChI is InChI=1S/C17H18N2O4/c1-11(15-10-13(20)5-8-16(15)21)18-19-17(22)9-12-3-6-14(23-2)7-4-12/h3-8,10,20-21H,9H2,1-2H3,(H,19,22)/b18-11-. The lowest BCUT2D eigenvalue weighted by molar-refractivity contribution is -0.120. The van der Waals surface area contributed by atoms with Crippen LogP contribution in [0.4, 0.5) is 0 Å². The molecule has 0 unspecified atom stereocenters. The molecule has 120 valence electrons. The molecule has 6 nitrogen and oxygen atoms in total. The molecule has 6 heteroatoms. The molecule has 0 spiro atoms. The first-order chi connectivity index (χ1) is 11.0. The lowest BCUT2D eigenvalue weighted by Crippen LogP contribution is -2.21. The number of carbonyl (C=O) groups excluding carboxylic acids is 1. The van der Waals surface area contributed by atoms with E-state index in [1.807, 2.05) is 0 Å². The van der Waals surface area contributed by atoms with Crippen molar-refractivity contribution in [1.29, 1.82) is 0 Å². The molecule has 0 atom stereocenters. The van der Waals surface area contributed by atoms with Crippen molar-refractivity contribution in [2.75, 3.05) is 7.11 Å². The monoisotopic (exact) mass is 314 g/mol. The molecule has 0 aliphatic rings. The van der Waals surface area contributed by atoms with Gasteiger partial charge in [-0.15, -0.1) is 0 Å². The normalized spacial score (nSPS) is 11.1. The summed E-state index contributed by atoms with van der Waals surface area (Å²) in [4.78, 5) is 11.9. The van der Waals surface area contributed by atoms with Crippen molar-refractivity contribution < 1.29 is 19.7 Å². The van der Waals surface area contributed by atoms with Crippen LogP contribution in [0.3, 0.4) is 0 Å². The lowest BCUT2D eigenvalue weighted by atomic mass is 10.1. The van der Waals surface area contributed by atoms with Crippen LogP contribution in [0.15, 0.2) is 47.6 Å². The summed E-state index contributed by atoms with van der Waals surface area (Å²) in [6.45, 7) is 1.63. The van der Waals surface area contributed by atoms with Crippen molar-refractivity contribution in [3.8, 4) is 17.2 Å². The van der Waals surface area contributed by atoms with Crippen LogP contribution in [-0.4, -0.2) is 28.9 Å². The van der Waals surface area contributed by atoms with Gasteiger partial charge >= 0.3 is 0 Å². The lowest BCUT2D eigenvalue weighted by Gasteiger charge is -2.06. The fourth-order valence-electron chi connectivity index (χ4n) is 1.99. The predicted molar refractivity (Wildman–Crippen MR) is 86.8 cm³/mol. The molecule has 1 amide bonds. The summed E-state index contributed by atoms with van der Waals surface area (Å²) in [6, 6.07) is 11.3. The largest absolute Gasteiger partial charge is 0.508 e. The van der Waals surface area contributed by atoms with E-state index in [2.05, 4.69) is 10.5 Å². The maximum atomic E-state index is 11.9. The summed E-state index contributed by atoms with van der Waals surface area (Å²) in [5.74, 6) is 0.432. The first-order valence-electron chi connectivity index (χ1n) is 6.98. The van der Waals surface area contributed by atoms with E-state index in [9.17, 15) is 15.0 Å². The Morgan fingerprint density at radius 3 is 2.52 bits per heavy atom. The van der Waals surface area contributed by atoms with Gasteiger partial charge in [-0.05, 0) is 42.8 Å². The number of ether oxygens (including phenoxy) is 1. The van der Waals surface area contributed by atoms with Gasteiger partial charge in [0.2, 0.25) is 5.91 Å². The van der Waals surface area contributed by atoms with Gasteiger partial charge in [-0.25, -0.2) is 5.43 Å². The molecule has 23 heavy (non-hydrogen) atoms. The van der Waals surface area contributed by atoms with E-state index in [1.54, 1.807) is 38.3 Å². The highest BCUT2D eigenvalue weighted by atomic mass is 16.5. The average Bonchev–Trinajstić information content (AvgIpc) is 2.55. The highest BCUT2D eigenvalue weighted by Crippen LogP contribution is 2.22. The van der Waals surface area contributed by atoms with Crippen molar-refractivity contribution >= 4 is 11.6 Å². The molecule has 0 heterocycles. The Kier molecular flexibility index (Phi) is 5.19. The van der Waals surface area contributed by atoms with Crippen molar-refractivity contribution in [2.45, 2.75) is 13.3 Å². The van der Waals surface area contributed by atoms with Crippen molar-refractivity contribution in [3.63, 3.8) is 0 Å². The Hall–Kier alpha value is -3.02. The van der Waals surface area contributed by atoms with E-state index < -0.39 is 0 Å². The van der Waals surface area contributed by atoms with Crippen molar-refractivity contribution in [3.05, 3.63) is 53.6 Å². The molecule has 0 bridgehead atoms. The molecule has 0 radical (unpaired) electrons. The van der Waals surface area contributed by atoms with Crippen LogP contribution >= 0.6 is 0 Å². The number of hydrogen-bond acceptors (Lipinski definition) is 5. The fourth-order valence-corrected chi connectivity index (χ4v) is 1.99. The maximum absolute atomic E-state index is 11.9. The molecule has 2 rings (SSSR count). The molecular weight excluding hydrogens is 296 g/mol. The highest BCUT2D eigenvalue weighted by Gasteiger charge is 2.07. The summed E-state index contributed by atoms with van der Waals surface area (Å²) >= 11 is 0. The third-order valence-electron chi connectivity index (χ3n) is 3.24. The van der Waals surface area contributed by atoms with E-state index in [0.717, 1.165) is 11.3 Å². The van der Waals surface area contributed by atoms with Gasteiger partial charge in [0, 0.05) is 5.56 Å². The van der Waals surface area contributed by atoms with Crippen LogP contribution in [0, 0.1) is 0 Å². The van der Waals surface area contributed by atoms with Gasteiger partial charge in [-0.3, -0.25) is 4.79 Å². The number of nitrogens with one attached hydrogen (secondary N) is 1. The van der Waals surface area contributed by atoms with Crippen LogP contribution in [0.25, 0.3) is 0 Å². The Morgan fingerprint density at radius 2 is 1.87 bits per heavy atom. The fraction of sp³-hybridized carbons (Fsp3) is 0.176. The van der Waals surface area contributed by atoms with Crippen LogP contribution in [-0.2, 0) is 11.2 Å². The second kappa shape index (κ2) is 7.31. The van der Waals surface area contributed by atoms with E-state index >= 15 is 0 Å². The number of rotatable bonds is 5. The number of hydrogen-bond donors (Lipinski definition) is 3. The van der Waals surface area contributed by atoms with Gasteiger partial charge in [0.25, 0.3) is 0 Å². The van der Waals surface area contributed by atoms with Crippen LogP contribution in [0.2, 0.25) is 0 Å². The first-order valence-corrected chi connectivity index (χ1v) is 6.98. The van der Waals surface area contributed by atoms with Gasteiger partial charge in [-0.1, -0.05) is 12.1 Å². The summed E-state index contributed by atoms with van der Waals surface area (Å²) in [6.07, 6.45) is 0.173. The number of aromatic hydroxyl groups is 2. The minimum atomic E-state index is -0.283. The second-order valence-electron chi connectivity index (χ2n) is 4.96. The van der Waals surface area contributed by atoms with Crippen LogP contribution in [0.1, 0.15) is 18.1 Å². The molecular formula is C17H18N2O4. The second-order valence-corrected chi connectivity index (χ2v) is 4.96. The first kappa shape index (κ1) is 16.4. The molecule has 2 aromatic carbocycles. The Balaban J connectivity index is 2.00. The van der Waals surface area contributed by atoms with Gasteiger partial charge in [0.1, 0.15) is 17.2 Å². The van der Waals surface area contributed by atoms with E-state index in [0.29, 0.717) is 11.3 Å². The SMILES string of the molecule is COc1ccc(CC(=O)N/N=C(/C)c2cc(O)ccc2O)cc1. The molecule has 0 saturated carbocycles. The zero-order valence-electron chi connectivity index (χ0n) is 12.9. The molecule has 0 aliphatic carbocycles. The number of amides is 1. The number of hydrazone groups is 1. The summed E-state index contributed by atoms with van der Waals surface area (Å²) < 4.78 is 5.06. The number of phenolic OH excluding ortho intramolecular Hbond substituents is 2. The molecule has 0 aromatic heterocycles.